The molecule has 5 nitrogen and oxygen atoms in total. The Kier molecular flexibility index (Phi) is 5.08. The van der Waals surface area contributed by atoms with Gasteiger partial charge in [0, 0.05) is 25.0 Å². The minimum absolute atomic E-state index is 0.189. The third-order valence-electron chi connectivity index (χ3n) is 4.48. The molecule has 1 aromatic heterocycles. The van der Waals surface area contributed by atoms with Crippen LogP contribution in [0.25, 0.3) is 0 Å². The fourth-order valence-electron chi connectivity index (χ4n) is 3.09. The zero-order chi connectivity index (χ0) is 16.9. The molecule has 1 amide bonds. The topological polar surface area (TPSA) is 58.1 Å². The first-order chi connectivity index (χ1) is 11.6. The summed E-state index contributed by atoms with van der Waals surface area (Å²) >= 11 is 0. The van der Waals surface area contributed by atoms with Crippen molar-refractivity contribution in [3.63, 3.8) is 0 Å². The molecule has 1 aliphatic heterocycles. The average Bonchev–Trinajstić information content (AvgIpc) is 2.87. The molecule has 126 valence electrons. The highest BCUT2D eigenvalue weighted by Gasteiger charge is 2.16. The number of carbonyl (C=O) groups is 1. The summed E-state index contributed by atoms with van der Waals surface area (Å²) in [6.07, 6.45) is 6.49. The Morgan fingerprint density at radius 1 is 1.04 bits per heavy atom. The van der Waals surface area contributed by atoms with Gasteiger partial charge in [0.1, 0.15) is 5.69 Å². The Morgan fingerprint density at radius 2 is 1.71 bits per heavy atom. The Balaban J connectivity index is 1.79. The molecule has 1 N–H and O–H groups in total. The van der Waals surface area contributed by atoms with Crippen LogP contribution in [0.15, 0.2) is 30.5 Å². The molecule has 1 aromatic carbocycles. The number of nitrogens with zero attached hydrogens (tertiary/aromatic N) is 3. The van der Waals surface area contributed by atoms with Crippen molar-refractivity contribution in [1.82, 2.24) is 9.97 Å². The monoisotopic (exact) mass is 324 g/mol. The summed E-state index contributed by atoms with van der Waals surface area (Å²) in [5, 5.41) is 2.99. The van der Waals surface area contributed by atoms with Gasteiger partial charge in [-0.2, -0.15) is 0 Å². The molecule has 24 heavy (non-hydrogen) atoms. The number of anilines is 2. The van der Waals surface area contributed by atoms with Crippen LogP contribution < -0.4 is 10.2 Å². The van der Waals surface area contributed by atoms with E-state index in [1.54, 1.807) is 12.3 Å². The Labute approximate surface area is 143 Å². The predicted molar refractivity (Wildman–Crippen MR) is 96.6 cm³/mol. The Morgan fingerprint density at radius 3 is 2.38 bits per heavy atom. The molecule has 0 bridgehead atoms. The summed E-state index contributed by atoms with van der Waals surface area (Å²) in [5.74, 6) is 0.469. The maximum absolute atomic E-state index is 12.6. The molecule has 1 fully saturated rings. The molecule has 0 atom stereocenters. The van der Waals surface area contributed by atoms with Gasteiger partial charge in [-0.15, -0.1) is 0 Å². The number of amides is 1. The van der Waals surface area contributed by atoms with Gasteiger partial charge in [-0.25, -0.2) is 9.97 Å². The second-order valence-electron chi connectivity index (χ2n) is 6.36. The number of aryl methyl sites for hydroxylation is 2. The van der Waals surface area contributed by atoms with Crippen LogP contribution in [0.1, 0.15) is 47.3 Å². The standard InChI is InChI=1S/C19H24N4O/c1-14-8-7-9-15(2)17(14)22-18(24)16-10-11-20-19(21-16)23-12-5-3-4-6-13-23/h7-11H,3-6,12-13H2,1-2H3,(H,22,24). The van der Waals surface area contributed by atoms with E-state index >= 15 is 0 Å². The lowest BCUT2D eigenvalue weighted by Gasteiger charge is -2.20. The van der Waals surface area contributed by atoms with E-state index in [9.17, 15) is 4.79 Å². The van der Waals surface area contributed by atoms with Crippen molar-refractivity contribution in [3.05, 3.63) is 47.3 Å². The first-order valence-electron chi connectivity index (χ1n) is 8.61. The summed E-state index contributed by atoms with van der Waals surface area (Å²) in [4.78, 5) is 23.6. The molecular weight excluding hydrogens is 300 g/mol. The molecule has 0 radical (unpaired) electrons. The van der Waals surface area contributed by atoms with Crippen molar-refractivity contribution in [2.75, 3.05) is 23.3 Å². The van der Waals surface area contributed by atoms with Crippen LogP contribution in [0.2, 0.25) is 0 Å². The van der Waals surface area contributed by atoms with E-state index in [-0.39, 0.29) is 5.91 Å². The van der Waals surface area contributed by atoms with Gasteiger partial charge in [-0.05, 0) is 43.9 Å². The zero-order valence-corrected chi connectivity index (χ0v) is 14.4. The van der Waals surface area contributed by atoms with E-state index in [1.165, 1.54) is 12.8 Å². The highest BCUT2D eigenvalue weighted by Crippen LogP contribution is 2.21. The number of carbonyl (C=O) groups excluding carboxylic acids is 1. The summed E-state index contributed by atoms with van der Waals surface area (Å²) in [7, 11) is 0. The second kappa shape index (κ2) is 7.43. The SMILES string of the molecule is Cc1cccc(C)c1NC(=O)c1ccnc(N2CCCCCC2)n1. The first-order valence-corrected chi connectivity index (χ1v) is 8.61. The number of para-hydroxylation sites is 1. The third kappa shape index (κ3) is 3.72. The lowest BCUT2D eigenvalue weighted by Crippen LogP contribution is -2.27. The number of nitrogens with one attached hydrogen (secondary N) is 1. The Hall–Kier alpha value is -2.43. The van der Waals surface area contributed by atoms with Crippen LogP contribution in [0.3, 0.4) is 0 Å². The average molecular weight is 324 g/mol. The predicted octanol–water partition coefficient (Wildman–Crippen LogP) is 3.73. The molecule has 0 unspecified atom stereocenters. The number of benzene rings is 1. The van der Waals surface area contributed by atoms with E-state index in [0.29, 0.717) is 11.6 Å². The van der Waals surface area contributed by atoms with Crippen molar-refractivity contribution in [3.8, 4) is 0 Å². The van der Waals surface area contributed by atoms with Crippen LogP contribution in [-0.2, 0) is 0 Å². The largest absolute Gasteiger partial charge is 0.341 e. The Bertz CT molecular complexity index is 701. The molecule has 1 saturated heterocycles. The van der Waals surface area contributed by atoms with Gasteiger partial charge in [-0.3, -0.25) is 4.79 Å². The summed E-state index contributed by atoms with van der Waals surface area (Å²) in [5.41, 5.74) is 3.36. The molecule has 0 saturated carbocycles. The molecule has 1 aliphatic rings. The van der Waals surface area contributed by atoms with Crippen LogP contribution >= 0.6 is 0 Å². The van der Waals surface area contributed by atoms with Crippen molar-refractivity contribution in [1.29, 1.82) is 0 Å². The smallest absolute Gasteiger partial charge is 0.274 e. The van der Waals surface area contributed by atoms with Crippen molar-refractivity contribution in [2.24, 2.45) is 0 Å². The fourth-order valence-corrected chi connectivity index (χ4v) is 3.09. The minimum atomic E-state index is -0.189. The van der Waals surface area contributed by atoms with Gasteiger partial charge in [-0.1, -0.05) is 31.0 Å². The molecule has 5 heteroatoms. The summed E-state index contributed by atoms with van der Waals surface area (Å²) in [6, 6.07) is 7.64. The van der Waals surface area contributed by atoms with Crippen molar-refractivity contribution >= 4 is 17.5 Å². The molecule has 2 heterocycles. The molecule has 0 aliphatic carbocycles. The maximum Gasteiger partial charge on any atom is 0.274 e. The van der Waals surface area contributed by atoms with Crippen LogP contribution in [0, 0.1) is 13.8 Å². The third-order valence-corrected chi connectivity index (χ3v) is 4.48. The normalized spacial score (nSPS) is 15.0. The lowest BCUT2D eigenvalue weighted by molar-refractivity contribution is 0.102. The van der Waals surface area contributed by atoms with Gasteiger partial charge in [0.15, 0.2) is 0 Å². The highest BCUT2D eigenvalue weighted by atomic mass is 16.1. The maximum atomic E-state index is 12.6. The summed E-state index contributed by atoms with van der Waals surface area (Å²) < 4.78 is 0. The molecular formula is C19H24N4O. The number of aromatic nitrogens is 2. The van der Waals surface area contributed by atoms with Gasteiger partial charge in [0.2, 0.25) is 5.95 Å². The van der Waals surface area contributed by atoms with Gasteiger partial charge < -0.3 is 10.2 Å². The lowest BCUT2D eigenvalue weighted by atomic mass is 10.1. The minimum Gasteiger partial charge on any atom is -0.341 e. The first kappa shape index (κ1) is 16.4. The van der Waals surface area contributed by atoms with Gasteiger partial charge in [0.25, 0.3) is 5.91 Å². The van der Waals surface area contributed by atoms with E-state index in [0.717, 1.165) is 42.7 Å². The number of hydrogen-bond donors (Lipinski definition) is 1. The summed E-state index contributed by atoms with van der Waals surface area (Å²) in [6.45, 7) is 5.90. The van der Waals surface area contributed by atoms with E-state index in [2.05, 4.69) is 20.2 Å². The molecule has 3 rings (SSSR count). The van der Waals surface area contributed by atoms with Crippen LogP contribution in [0.5, 0.6) is 0 Å². The van der Waals surface area contributed by atoms with Crippen LogP contribution in [0.4, 0.5) is 11.6 Å². The van der Waals surface area contributed by atoms with E-state index < -0.39 is 0 Å². The number of rotatable bonds is 3. The molecule has 2 aromatic rings. The van der Waals surface area contributed by atoms with Crippen molar-refractivity contribution < 1.29 is 4.79 Å². The quantitative estimate of drug-likeness (QED) is 0.934. The van der Waals surface area contributed by atoms with Gasteiger partial charge >= 0.3 is 0 Å². The van der Waals surface area contributed by atoms with Gasteiger partial charge in [0.05, 0.1) is 0 Å². The fraction of sp³-hybridized carbons (Fsp3) is 0.421. The van der Waals surface area contributed by atoms with Crippen molar-refractivity contribution in [2.45, 2.75) is 39.5 Å². The van der Waals surface area contributed by atoms with Crippen LogP contribution in [-0.4, -0.2) is 29.0 Å². The number of hydrogen-bond acceptors (Lipinski definition) is 4. The highest BCUT2D eigenvalue weighted by molar-refractivity contribution is 6.03. The van der Waals surface area contributed by atoms with E-state index in [1.807, 2.05) is 32.0 Å². The van der Waals surface area contributed by atoms with E-state index in [4.69, 9.17) is 0 Å². The molecule has 0 spiro atoms. The second-order valence-corrected chi connectivity index (χ2v) is 6.36. The zero-order valence-electron chi connectivity index (χ0n) is 14.4.